The first-order valence-corrected chi connectivity index (χ1v) is 11.3. The summed E-state index contributed by atoms with van der Waals surface area (Å²) in [7, 11) is 0. The van der Waals surface area contributed by atoms with Crippen LogP contribution in [0.4, 0.5) is 9.39 Å². The third kappa shape index (κ3) is 4.81. The second kappa shape index (κ2) is 9.20. The molecule has 4 nitrogen and oxygen atoms in total. The quantitative estimate of drug-likeness (QED) is 0.411. The van der Waals surface area contributed by atoms with Crippen molar-refractivity contribution in [3.05, 3.63) is 75.9 Å². The van der Waals surface area contributed by atoms with E-state index in [0.29, 0.717) is 33.1 Å². The molecule has 160 valence electrons. The number of ether oxygens (including phenoxy) is 1. The van der Waals surface area contributed by atoms with E-state index in [-0.39, 0.29) is 30.2 Å². The molecule has 3 aromatic rings. The van der Waals surface area contributed by atoms with Crippen LogP contribution in [0.15, 0.2) is 53.9 Å². The number of carbonyl (C=O) groups excluding carboxylic acids is 2. The van der Waals surface area contributed by atoms with Gasteiger partial charge in [0, 0.05) is 21.9 Å². The van der Waals surface area contributed by atoms with E-state index in [1.807, 2.05) is 31.2 Å². The number of hydrogen-bond acceptors (Lipinski definition) is 4. The van der Waals surface area contributed by atoms with Crippen LogP contribution >= 0.6 is 22.9 Å². The van der Waals surface area contributed by atoms with Crippen LogP contribution in [0.3, 0.4) is 0 Å². The number of anilines is 1. The fraction of sp³-hybridized carbons (Fsp3) is 0.250. The molecule has 1 aromatic heterocycles. The monoisotopic (exact) mass is 457 g/mol. The molecule has 31 heavy (non-hydrogen) atoms. The maximum absolute atomic E-state index is 13.3. The molecule has 1 aliphatic rings. The summed E-state index contributed by atoms with van der Waals surface area (Å²) in [5, 5.41) is 5.82. The summed E-state index contributed by atoms with van der Waals surface area (Å²) in [6.45, 7) is 2.20. The average molecular weight is 458 g/mol. The highest BCUT2D eigenvalue weighted by Crippen LogP contribution is 2.48. The summed E-state index contributed by atoms with van der Waals surface area (Å²) in [4.78, 5) is 25.7. The third-order valence-electron chi connectivity index (χ3n) is 5.25. The smallest absolute Gasteiger partial charge is 0.341 e. The molecule has 1 amide bonds. The molecule has 0 unspecified atom stereocenters. The van der Waals surface area contributed by atoms with Crippen molar-refractivity contribution < 1.29 is 18.7 Å². The normalized spacial score (nSPS) is 17.3. The Morgan fingerprint density at radius 3 is 2.55 bits per heavy atom. The lowest BCUT2D eigenvalue weighted by Crippen LogP contribution is -2.17. The highest BCUT2D eigenvalue weighted by atomic mass is 35.5. The van der Waals surface area contributed by atoms with E-state index in [0.717, 1.165) is 12.0 Å². The molecule has 0 aliphatic heterocycles. The number of hydrogen-bond donors (Lipinski definition) is 1. The average Bonchev–Trinajstić information content (AvgIpc) is 3.47. The number of benzene rings is 2. The first-order chi connectivity index (χ1) is 15.0. The fourth-order valence-electron chi connectivity index (χ4n) is 3.53. The number of esters is 1. The molecule has 2 atom stereocenters. The van der Waals surface area contributed by atoms with Gasteiger partial charge in [-0.15, -0.1) is 11.3 Å². The molecule has 7 heteroatoms. The molecule has 1 heterocycles. The fourth-order valence-corrected chi connectivity index (χ4v) is 4.62. The number of nitrogens with one attached hydrogen (secondary N) is 1. The van der Waals surface area contributed by atoms with Crippen molar-refractivity contribution in [3.8, 4) is 11.1 Å². The number of carbonyl (C=O) groups is 2. The summed E-state index contributed by atoms with van der Waals surface area (Å²) < 4.78 is 18.7. The number of amides is 1. The SMILES string of the molecule is CCCOC(=O)c1c(-c2ccc(F)cc2)csc1NC(=O)[C@H]1C[C@@H]1c1ccc(Cl)cc1. The van der Waals surface area contributed by atoms with Crippen LogP contribution in [0.1, 0.15) is 41.6 Å². The van der Waals surface area contributed by atoms with Gasteiger partial charge in [-0.1, -0.05) is 42.8 Å². The van der Waals surface area contributed by atoms with E-state index in [1.54, 1.807) is 17.5 Å². The van der Waals surface area contributed by atoms with Crippen LogP contribution in [-0.4, -0.2) is 18.5 Å². The lowest BCUT2D eigenvalue weighted by atomic mass is 10.0. The van der Waals surface area contributed by atoms with Crippen molar-refractivity contribution >= 4 is 39.8 Å². The molecule has 0 radical (unpaired) electrons. The van der Waals surface area contributed by atoms with Gasteiger partial charge >= 0.3 is 5.97 Å². The van der Waals surface area contributed by atoms with E-state index < -0.39 is 5.97 Å². The molecule has 1 fully saturated rings. The van der Waals surface area contributed by atoms with E-state index in [4.69, 9.17) is 16.3 Å². The molecule has 1 N–H and O–H groups in total. The van der Waals surface area contributed by atoms with Gasteiger partial charge in [-0.05, 0) is 54.2 Å². The Labute approximate surface area is 189 Å². The van der Waals surface area contributed by atoms with Gasteiger partial charge in [0.05, 0.1) is 6.61 Å². The number of rotatable bonds is 7. The van der Waals surface area contributed by atoms with Gasteiger partial charge in [-0.2, -0.15) is 0 Å². The highest BCUT2D eigenvalue weighted by Gasteiger charge is 2.44. The van der Waals surface area contributed by atoms with Crippen LogP contribution in [0.5, 0.6) is 0 Å². The van der Waals surface area contributed by atoms with Gasteiger partial charge < -0.3 is 10.1 Å². The Balaban J connectivity index is 1.56. The summed E-state index contributed by atoms with van der Waals surface area (Å²) in [5.41, 5.74) is 2.69. The van der Waals surface area contributed by atoms with E-state index >= 15 is 0 Å². The molecule has 1 aliphatic carbocycles. The van der Waals surface area contributed by atoms with Gasteiger partial charge in [0.2, 0.25) is 5.91 Å². The Morgan fingerprint density at radius 2 is 1.87 bits per heavy atom. The molecular formula is C24H21ClFNO3S. The van der Waals surface area contributed by atoms with Gasteiger partial charge in [-0.25, -0.2) is 9.18 Å². The largest absolute Gasteiger partial charge is 0.462 e. The van der Waals surface area contributed by atoms with Crippen LogP contribution in [0.2, 0.25) is 5.02 Å². The summed E-state index contributed by atoms with van der Waals surface area (Å²) in [6, 6.07) is 13.4. The Kier molecular flexibility index (Phi) is 6.39. The predicted octanol–water partition coefficient (Wildman–Crippen LogP) is 6.52. The van der Waals surface area contributed by atoms with Crippen molar-refractivity contribution in [2.45, 2.75) is 25.7 Å². The first kappa shape index (κ1) is 21.5. The molecule has 1 saturated carbocycles. The van der Waals surface area contributed by atoms with Gasteiger partial charge in [0.25, 0.3) is 0 Å². The summed E-state index contributed by atoms with van der Waals surface area (Å²) >= 11 is 7.21. The van der Waals surface area contributed by atoms with E-state index in [1.165, 1.54) is 23.5 Å². The van der Waals surface area contributed by atoms with Crippen LogP contribution in [0, 0.1) is 11.7 Å². The van der Waals surface area contributed by atoms with Crippen molar-refractivity contribution in [2.75, 3.05) is 11.9 Å². The second-order valence-corrected chi connectivity index (χ2v) is 8.80. The zero-order chi connectivity index (χ0) is 22.0. The number of halogens is 2. The Hall–Kier alpha value is -2.70. The molecule has 0 bridgehead atoms. The summed E-state index contributed by atoms with van der Waals surface area (Å²) in [5.74, 6) is -0.995. The molecule has 2 aromatic carbocycles. The van der Waals surface area contributed by atoms with Crippen LogP contribution in [0.25, 0.3) is 11.1 Å². The standard InChI is InChI=1S/C24H21ClFNO3S/c1-2-11-30-24(29)21-20(15-5-9-17(26)10-6-15)13-31-23(21)27-22(28)19-12-18(19)14-3-7-16(25)8-4-14/h3-10,13,18-19H,2,11-12H2,1H3,(H,27,28)/t18-,19+/m1/s1. The van der Waals surface area contributed by atoms with Gasteiger partial charge in [0.1, 0.15) is 16.4 Å². The van der Waals surface area contributed by atoms with Crippen molar-refractivity contribution in [2.24, 2.45) is 5.92 Å². The molecule has 4 rings (SSSR count). The zero-order valence-corrected chi connectivity index (χ0v) is 18.4. The van der Waals surface area contributed by atoms with Crippen molar-refractivity contribution in [3.63, 3.8) is 0 Å². The van der Waals surface area contributed by atoms with Gasteiger partial charge in [-0.3, -0.25) is 4.79 Å². The summed E-state index contributed by atoms with van der Waals surface area (Å²) in [6.07, 6.45) is 1.44. The van der Waals surface area contributed by atoms with Crippen molar-refractivity contribution in [1.82, 2.24) is 0 Å². The molecule has 0 saturated heterocycles. The predicted molar refractivity (Wildman–Crippen MR) is 121 cm³/mol. The Bertz CT molecular complexity index is 1100. The van der Waals surface area contributed by atoms with Crippen LogP contribution in [-0.2, 0) is 9.53 Å². The third-order valence-corrected chi connectivity index (χ3v) is 6.40. The van der Waals surface area contributed by atoms with E-state index in [9.17, 15) is 14.0 Å². The first-order valence-electron chi connectivity index (χ1n) is 10.1. The molecule has 0 spiro atoms. The Morgan fingerprint density at radius 1 is 1.16 bits per heavy atom. The minimum atomic E-state index is -0.497. The van der Waals surface area contributed by atoms with Crippen molar-refractivity contribution in [1.29, 1.82) is 0 Å². The highest BCUT2D eigenvalue weighted by molar-refractivity contribution is 7.15. The lowest BCUT2D eigenvalue weighted by Gasteiger charge is -2.09. The zero-order valence-electron chi connectivity index (χ0n) is 16.9. The topological polar surface area (TPSA) is 55.4 Å². The van der Waals surface area contributed by atoms with E-state index in [2.05, 4.69) is 5.32 Å². The minimum Gasteiger partial charge on any atom is -0.462 e. The maximum Gasteiger partial charge on any atom is 0.341 e. The maximum atomic E-state index is 13.3. The minimum absolute atomic E-state index is 0.128. The number of thiophene rings is 1. The van der Waals surface area contributed by atoms with Gasteiger partial charge in [0.15, 0.2) is 0 Å². The van der Waals surface area contributed by atoms with Crippen LogP contribution < -0.4 is 5.32 Å². The molecular weight excluding hydrogens is 437 g/mol. The lowest BCUT2D eigenvalue weighted by molar-refractivity contribution is -0.117. The second-order valence-electron chi connectivity index (χ2n) is 7.49.